The summed E-state index contributed by atoms with van der Waals surface area (Å²) in [5.41, 5.74) is 2.32. The molecule has 1 atom stereocenters. The molecule has 0 saturated heterocycles. The molecule has 1 aromatic carbocycles. The van der Waals surface area contributed by atoms with E-state index in [4.69, 9.17) is 0 Å². The number of benzene rings is 1. The molecule has 1 aromatic rings. The molecule has 19 heavy (non-hydrogen) atoms. The van der Waals surface area contributed by atoms with Gasteiger partial charge < -0.3 is 10.6 Å². The quantitative estimate of drug-likeness (QED) is 0.812. The van der Waals surface area contributed by atoms with E-state index in [9.17, 15) is 9.59 Å². The van der Waals surface area contributed by atoms with Crippen LogP contribution >= 0.6 is 0 Å². The molecule has 1 aliphatic heterocycles. The lowest BCUT2D eigenvalue weighted by atomic mass is 10.1. The average molecular weight is 259 g/mol. The van der Waals surface area contributed by atoms with E-state index < -0.39 is 0 Å². The third-order valence-electron chi connectivity index (χ3n) is 3.09. The predicted octanol–water partition coefficient (Wildman–Crippen LogP) is 1.90. The minimum absolute atomic E-state index is 0.131. The molecule has 0 spiro atoms. The van der Waals surface area contributed by atoms with Gasteiger partial charge in [-0.25, -0.2) is 0 Å². The summed E-state index contributed by atoms with van der Waals surface area (Å²) in [5, 5.41) is 5.85. The molecule has 2 N–H and O–H groups in total. The number of nitrogens with zero attached hydrogens (tertiary/aromatic N) is 1. The molecule has 0 aromatic heterocycles. The second kappa shape index (κ2) is 5.56. The van der Waals surface area contributed by atoms with Gasteiger partial charge in [0.05, 0.1) is 11.3 Å². The Morgan fingerprint density at radius 3 is 2.84 bits per heavy atom. The maximum absolute atomic E-state index is 12.5. The smallest absolute Gasteiger partial charge is 0.261 e. The molecule has 0 radical (unpaired) electrons. The van der Waals surface area contributed by atoms with Gasteiger partial charge in [0.25, 0.3) is 5.91 Å². The number of hydrogen-bond acceptors (Lipinski definition) is 3. The lowest BCUT2D eigenvalue weighted by Crippen LogP contribution is -2.43. The Balaban J connectivity index is 2.44. The number of rotatable bonds is 4. The Morgan fingerprint density at radius 1 is 1.42 bits per heavy atom. The van der Waals surface area contributed by atoms with Crippen LogP contribution in [-0.2, 0) is 4.79 Å². The van der Waals surface area contributed by atoms with Crippen molar-refractivity contribution in [2.24, 2.45) is 0 Å². The van der Waals surface area contributed by atoms with Crippen LogP contribution in [0.5, 0.6) is 0 Å². The van der Waals surface area contributed by atoms with E-state index in [1.54, 1.807) is 19.2 Å². The van der Waals surface area contributed by atoms with E-state index >= 15 is 0 Å². The van der Waals surface area contributed by atoms with Crippen LogP contribution in [0.1, 0.15) is 30.6 Å². The number of amides is 2. The van der Waals surface area contributed by atoms with Crippen LogP contribution in [0.4, 0.5) is 5.69 Å². The Hall–Kier alpha value is -2.30. The summed E-state index contributed by atoms with van der Waals surface area (Å²) in [7, 11) is 0. The summed E-state index contributed by atoms with van der Waals surface area (Å²) in [6, 6.07) is 7.36. The first-order valence-corrected chi connectivity index (χ1v) is 6.26. The van der Waals surface area contributed by atoms with Crippen molar-refractivity contribution in [3.8, 4) is 0 Å². The van der Waals surface area contributed by atoms with E-state index in [0.29, 0.717) is 12.0 Å². The number of allylic oxidation sites excluding steroid dienone is 1. The highest BCUT2D eigenvalue weighted by atomic mass is 16.2. The van der Waals surface area contributed by atoms with E-state index in [1.807, 2.05) is 25.1 Å². The van der Waals surface area contributed by atoms with Gasteiger partial charge >= 0.3 is 0 Å². The zero-order valence-corrected chi connectivity index (χ0v) is 11.0. The monoisotopic (exact) mass is 259 g/mol. The SMILES string of the molecule is CCC1=CN(C(C)NC=O)C(=O)c2ccccc2N1. The fourth-order valence-electron chi connectivity index (χ4n) is 2.00. The highest BCUT2D eigenvalue weighted by Gasteiger charge is 2.25. The number of nitrogens with one attached hydrogen (secondary N) is 2. The molecular weight excluding hydrogens is 242 g/mol. The molecular formula is C14H17N3O2. The summed E-state index contributed by atoms with van der Waals surface area (Å²) in [6.07, 6.45) is 2.73. The third-order valence-corrected chi connectivity index (χ3v) is 3.09. The van der Waals surface area contributed by atoms with Crippen molar-refractivity contribution in [3.63, 3.8) is 0 Å². The standard InChI is InChI=1S/C14H17N3O2/c1-3-11-8-17(10(2)15-9-18)14(19)12-6-4-5-7-13(12)16-11/h4-10,16H,3H2,1-2H3,(H,15,18). The lowest BCUT2D eigenvalue weighted by Gasteiger charge is -2.24. The Labute approximate surface area is 112 Å². The van der Waals surface area contributed by atoms with Crippen molar-refractivity contribution in [1.82, 2.24) is 10.2 Å². The van der Waals surface area contributed by atoms with Gasteiger partial charge in [0, 0.05) is 11.9 Å². The van der Waals surface area contributed by atoms with Gasteiger partial charge in [-0.3, -0.25) is 14.5 Å². The fraction of sp³-hybridized carbons (Fsp3) is 0.286. The van der Waals surface area contributed by atoms with Crippen LogP contribution in [0.2, 0.25) is 0 Å². The van der Waals surface area contributed by atoms with Crippen LogP contribution in [0.15, 0.2) is 36.2 Å². The lowest BCUT2D eigenvalue weighted by molar-refractivity contribution is -0.110. The van der Waals surface area contributed by atoms with Crippen LogP contribution < -0.4 is 10.6 Å². The second-order valence-corrected chi connectivity index (χ2v) is 4.35. The predicted molar refractivity (Wildman–Crippen MR) is 73.3 cm³/mol. The molecule has 2 rings (SSSR count). The molecule has 1 heterocycles. The van der Waals surface area contributed by atoms with Crippen molar-refractivity contribution in [1.29, 1.82) is 0 Å². The molecule has 0 saturated carbocycles. The molecule has 0 bridgehead atoms. The van der Waals surface area contributed by atoms with Crippen molar-refractivity contribution < 1.29 is 9.59 Å². The van der Waals surface area contributed by atoms with Crippen molar-refractivity contribution >= 4 is 18.0 Å². The number of fused-ring (bicyclic) bond motifs is 1. The number of carbonyl (C=O) groups excluding carboxylic acids is 2. The van der Waals surface area contributed by atoms with Crippen LogP contribution in [0.3, 0.4) is 0 Å². The maximum Gasteiger partial charge on any atom is 0.261 e. The van der Waals surface area contributed by atoms with Gasteiger partial charge in [-0.05, 0) is 25.5 Å². The molecule has 5 nitrogen and oxygen atoms in total. The third kappa shape index (κ3) is 2.59. The zero-order chi connectivity index (χ0) is 13.8. The van der Waals surface area contributed by atoms with Crippen molar-refractivity contribution in [2.45, 2.75) is 26.4 Å². The molecule has 5 heteroatoms. The van der Waals surface area contributed by atoms with Crippen LogP contribution in [-0.4, -0.2) is 23.4 Å². The van der Waals surface area contributed by atoms with Gasteiger partial charge in [-0.1, -0.05) is 19.1 Å². The summed E-state index contributed by atoms with van der Waals surface area (Å²) < 4.78 is 0. The normalized spacial score (nSPS) is 15.8. The highest BCUT2D eigenvalue weighted by Crippen LogP contribution is 2.24. The van der Waals surface area contributed by atoms with Gasteiger partial charge in [0.2, 0.25) is 6.41 Å². The Bertz CT molecular complexity index is 525. The van der Waals surface area contributed by atoms with Gasteiger partial charge in [0.1, 0.15) is 6.17 Å². The van der Waals surface area contributed by atoms with E-state index in [2.05, 4.69) is 10.6 Å². The zero-order valence-electron chi connectivity index (χ0n) is 11.0. The summed E-state index contributed by atoms with van der Waals surface area (Å²) in [5.74, 6) is -0.131. The molecule has 2 amide bonds. The minimum atomic E-state index is -0.389. The van der Waals surface area contributed by atoms with Gasteiger partial charge in [-0.2, -0.15) is 0 Å². The highest BCUT2D eigenvalue weighted by molar-refractivity contribution is 6.01. The Morgan fingerprint density at radius 2 is 2.16 bits per heavy atom. The average Bonchev–Trinajstić information content (AvgIpc) is 2.56. The second-order valence-electron chi connectivity index (χ2n) is 4.35. The maximum atomic E-state index is 12.5. The number of anilines is 1. The first-order valence-electron chi connectivity index (χ1n) is 6.26. The molecule has 0 fully saturated rings. The van der Waals surface area contributed by atoms with Crippen molar-refractivity contribution in [2.75, 3.05) is 5.32 Å². The van der Waals surface area contributed by atoms with E-state index in [0.717, 1.165) is 17.8 Å². The largest absolute Gasteiger partial charge is 0.357 e. The van der Waals surface area contributed by atoms with Crippen molar-refractivity contribution in [3.05, 3.63) is 41.7 Å². The first-order chi connectivity index (χ1) is 9.17. The van der Waals surface area contributed by atoms with Gasteiger partial charge in [0.15, 0.2) is 0 Å². The topological polar surface area (TPSA) is 61.4 Å². The number of hydrogen-bond donors (Lipinski definition) is 2. The number of carbonyl (C=O) groups is 2. The first kappa shape index (κ1) is 13.1. The summed E-state index contributed by atoms with van der Waals surface area (Å²) in [6.45, 7) is 3.78. The van der Waals surface area contributed by atoms with E-state index in [-0.39, 0.29) is 12.1 Å². The molecule has 100 valence electrons. The van der Waals surface area contributed by atoms with Crippen LogP contribution in [0.25, 0.3) is 0 Å². The minimum Gasteiger partial charge on any atom is -0.357 e. The molecule has 0 aliphatic carbocycles. The molecule has 1 aliphatic rings. The Kier molecular flexibility index (Phi) is 3.85. The summed E-state index contributed by atoms with van der Waals surface area (Å²) in [4.78, 5) is 24.6. The fourth-order valence-corrected chi connectivity index (χ4v) is 2.00. The number of para-hydroxylation sites is 1. The summed E-state index contributed by atoms with van der Waals surface area (Å²) >= 11 is 0. The molecule has 1 unspecified atom stereocenters. The van der Waals surface area contributed by atoms with Crippen LogP contribution in [0, 0.1) is 0 Å². The van der Waals surface area contributed by atoms with E-state index in [1.165, 1.54) is 4.90 Å². The van der Waals surface area contributed by atoms with Gasteiger partial charge in [-0.15, -0.1) is 0 Å².